The Morgan fingerprint density at radius 2 is 1.45 bits per heavy atom. The van der Waals surface area contributed by atoms with Crippen LogP contribution in [0.3, 0.4) is 0 Å². The maximum atomic E-state index is 12.5. The van der Waals surface area contributed by atoms with Crippen LogP contribution in [0.2, 0.25) is 0 Å². The number of ether oxygens (including phenoxy) is 4. The minimum absolute atomic E-state index is 0.0246. The van der Waals surface area contributed by atoms with Gasteiger partial charge in [0.05, 0.1) is 50.8 Å². The molecule has 0 aliphatic carbocycles. The zero-order valence-electron chi connectivity index (χ0n) is 22.1. The highest BCUT2D eigenvalue weighted by Crippen LogP contribution is 2.24. The van der Waals surface area contributed by atoms with Crippen LogP contribution in [0.1, 0.15) is 77.0 Å². The summed E-state index contributed by atoms with van der Waals surface area (Å²) < 4.78 is 20.8. The number of esters is 3. The molecule has 11 nitrogen and oxygen atoms in total. The summed E-state index contributed by atoms with van der Waals surface area (Å²) in [6.07, 6.45) is 5.53. The summed E-state index contributed by atoms with van der Waals surface area (Å²) in [4.78, 5) is 58.4. The van der Waals surface area contributed by atoms with Crippen LogP contribution in [-0.4, -0.2) is 79.0 Å². The first-order valence-corrected chi connectivity index (χ1v) is 13.3. The number of hydrogen-bond acceptors (Lipinski definition) is 10. The minimum Gasteiger partial charge on any atom is -0.481 e. The van der Waals surface area contributed by atoms with Crippen LogP contribution in [0.25, 0.3) is 0 Å². The van der Waals surface area contributed by atoms with Crippen molar-refractivity contribution in [2.45, 2.75) is 83.2 Å². The first kappa shape index (κ1) is 33.2. The Balaban J connectivity index is 2.16. The Bertz CT molecular complexity index is 760. The first-order valence-electron chi connectivity index (χ1n) is 13.3. The fourth-order valence-corrected chi connectivity index (χ4v) is 3.73. The molecule has 38 heavy (non-hydrogen) atoms. The largest absolute Gasteiger partial charge is 0.481 e. The highest BCUT2D eigenvalue weighted by atomic mass is 16.6. The van der Waals surface area contributed by atoms with E-state index in [9.17, 15) is 24.0 Å². The molecule has 3 unspecified atom stereocenters. The summed E-state index contributed by atoms with van der Waals surface area (Å²) in [6, 6.07) is 0. The third-order valence-corrected chi connectivity index (χ3v) is 6.02. The molecule has 11 heteroatoms. The summed E-state index contributed by atoms with van der Waals surface area (Å²) in [5.41, 5.74) is 0. The van der Waals surface area contributed by atoms with Gasteiger partial charge in [-0.25, -0.2) is 0 Å². The summed E-state index contributed by atoms with van der Waals surface area (Å²) in [6.45, 7) is 4.41. The van der Waals surface area contributed by atoms with Gasteiger partial charge in [0.1, 0.15) is 5.78 Å². The number of carbonyl (C=O) groups is 5. The smallest absolute Gasteiger partial charge is 0.309 e. The van der Waals surface area contributed by atoms with Crippen LogP contribution >= 0.6 is 0 Å². The van der Waals surface area contributed by atoms with Gasteiger partial charge in [-0.3, -0.25) is 24.0 Å². The topological polar surface area (TPSA) is 166 Å². The van der Waals surface area contributed by atoms with Crippen LogP contribution in [0, 0.1) is 11.8 Å². The molecule has 1 heterocycles. The van der Waals surface area contributed by atoms with E-state index in [-0.39, 0.29) is 81.9 Å². The lowest BCUT2D eigenvalue weighted by atomic mass is 9.98. The lowest BCUT2D eigenvalue weighted by Gasteiger charge is -2.16. The minimum atomic E-state index is -0.891. The molecule has 0 saturated carbocycles. The SMILES string of the molecule is C=CCC(CCCOC(=O)C(CCCOC(=O)CCCCOC(=O)CCC(=O)CCO)CC1CO1)C(=O)O. The third-order valence-electron chi connectivity index (χ3n) is 6.02. The van der Waals surface area contributed by atoms with Crippen molar-refractivity contribution in [1.29, 1.82) is 0 Å². The fraction of sp³-hybridized carbons (Fsp3) is 0.741. The number of Topliss-reactive ketones (excluding diaryl/α,β-unsaturated/α-hetero) is 1. The van der Waals surface area contributed by atoms with Crippen molar-refractivity contribution in [2.75, 3.05) is 33.0 Å². The summed E-state index contributed by atoms with van der Waals surface area (Å²) in [5.74, 6) is -3.21. The van der Waals surface area contributed by atoms with Gasteiger partial charge in [-0.15, -0.1) is 6.58 Å². The molecule has 0 aromatic rings. The molecule has 0 bridgehead atoms. The van der Waals surface area contributed by atoms with E-state index in [0.717, 1.165) is 0 Å². The summed E-state index contributed by atoms with van der Waals surface area (Å²) in [7, 11) is 0. The van der Waals surface area contributed by atoms with Crippen molar-refractivity contribution < 1.29 is 53.1 Å². The van der Waals surface area contributed by atoms with Crippen LogP contribution in [0.4, 0.5) is 0 Å². The molecule has 0 aromatic heterocycles. The average molecular weight is 543 g/mol. The normalized spacial score (nSPS) is 15.7. The van der Waals surface area contributed by atoms with Gasteiger partial charge in [0.25, 0.3) is 0 Å². The maximum absolute atomic E-state index is 12.5. The number of aliphatic hydroxyl groups excluding tert-OH is 1. The molecule has 1 aliphatic rings. The lowest BCUT2D eigenvalue weighted by Crippen LogP contribution is -2.21. The fourth-order valence-electron chi connectivity index (χ4n) is 3.73. The lowest BCUT2D eigenvalue weighted by molar-refractivity contribution is -0.149. The molecular formula is C27H42O11. The number of carboxylic acid groups (broad SMARTS) is 1. The van der Waals surface area contributed by atoms with Crippen molar-refractivity contribution in [2.24, 2.45) is 11.8 Å². The first-order chi connectivity index (χ1) is 18.3. The van der Waals surface area contributed by atoms with E-state index in [1.54, 1.807) is 6.08 Å². The maximum Gasteiger partial charge on any atom is 0.309 e. The van der Waals surface area contributed by atoms with Gasteiger partial charge in [-0.1, -0.05) is 6.08 Å². The molecule has 1 saturated heterocycles. The number of epoxide rings is 1. The van der Waals surface area contributed by atoms with Crippen LogP contribution in [0.5, 0.6) is 0 Å². The van der Waals surface area contributed by atoms with E-state index in [1.807, 2.05) is 0 Å². The van der Waals surface area contributed by atoms with Gasteiger partial charge < -0.3 is 29.2 Å². The second kappa shape index (κ2) is 20.2. The number of hydrogen-bond donors (Lipinski definition) is 2. The Kier molecular flexibility index (Phi) is 17.7. The molecule has 216 valence electrons. The number of aliphatic carboxylic acids is 1. The molecule has 1 rings (SSSR count). The second-order valence-electron chi connectivity index (χ2n) is 9.31. The molecule has 2 N–H and O–H groups in total. The standard InChI is InChI=1S/C27H42O11/c1-2-7-20(26(32)33)8-5-17-37-27(34)21(18-23-19-38-23)9-6-16-36-24(30)10-3-4-15-35-25(31)12-11-22(29)13-14-28/h2,20-21,23,28H,1,3-19H2,(H,32,33). The quantitative estimate of drug-likeness (QED) is 0.0605. The Labute approximate surface area is 223 Å². The van der Waals surface area contributed by atoms with E-state index in [4.69, 9.17) is 29.2 Å². The van der Waals surface area contributed by atoms with E-state index in [1.165, 1.54) is 0 Å². The van der Waals surface area contributed by atoms with Crippen molar-refractivity contribution in [3.05, 3.63) is 12.7 Å². The van der Waals surface area contributed by atoms with E-state index in [2.05, 4.69) is 6.58 Å². The van der Waals surface area contributed by atoms with Crippen molar-refractivity contribution in [3.63, 3.8) is 0 Å². The van der Waals surface area contributed by atoms with Crippen LogP contribution in [-0.2, 0) is 42.9 Å². The Morgan fingerprint density at radius 3 is 2.05 bits per heavy atom. The predicted octanol–water partition coefficient (Wildman–Crippen LogP) is 2.76. The number of carbonyl (C=O) groups excluding carboxylic acids is 4. The van der Waals surface area contributed by atoms with Crippen molar-refractivity contribution in [1.82, 2.24) is 0 Å². The highest BCUT2D eigenvalue weighted by Gasteiger charge is 2.31. The molecule has 3 atom stereocenters. The predicted molar refractivity (Wildman–Crippen MR) is 135 cm³/mol. The molecule has 0 aromatic carbocycles. The zero-order valence-corrected chi connectivity index (χ0v) is 22.1. The number of aliphatic hydroxyl groups is 1. The van der Waals surface area contributed by atoms with E-state index in [0.29, 0.717) is 58.0 Å². The molecule has 0 amide bonds. The monoisotopic (exact) mass is 542 g/mol. The van der Waals surface area contributed by atoms with Crippen LogP contribution < -0.4 is 0 Å². The average Bonchev–Trinajstić information content (AvgIpc) is 3.70. The number of rotatable bonds is 24. The van der Waals surface area contributed by atoms with Crippen LogP contribution in [0.15, 0.2) is 12.7 Å². The number of allylic oxidation sites excluding steroid dienone is 1. The summed E-state index contributed by atoms with van der Waals surface area (Å²) in [5, 5.41) is 17.8. The molecule has 1 fully saturated rings. The molecule has 1 aliphatic heterocycles. The second-order valence-corrected chi connectivity index (χ2v) is 9.31. The zero-order chi connectivity index (χ0) is 28.2. The summed E-state index contributed by atoms with van der Waals surface area (Å²) >= 11 is 0. The molecule has 0 spiro atoms. The Morgan fingerprint density at radius 1 is 0.842 bits per heavy atom. The van der Waals surface area contributed by atoms with E-state index < -0.39 is 17.9 Å². The van der Waals surface area contributed by atoms with Gasteiger partial charge in [0.2, 0.25) is 0 Å². The third kappa shape index (κ3) is 16.9. The number of ketones is 1. The van der Waals surface area contributed by atoms with Gasteiger partial charge in [-0.2, -0.15) is 0 Å². The van der Waals surface area contributed by atoms with E-state index >= 15 is 0 Å². The van der Waals surface area contributed by atoms with Gasteiger partial charge >= 0.3 is 23.9 Å². The number of carboxylic acids is 1. The molecule has 0 radical (unpaired) electrons. The van der Waals surface area contributed by atoms with Crippen molar-refractivity contribution in [3.8, 4) is 0 Å². The van der Waals surface area contributed by atoms with Gasteiger partial charge in [-0.05, 0) is 51.4 Å². The van der Waals surface area contributed by atoms with Gasteiger partial charge in [0, 0.05) is 25.9 Å². The van der Waals surface area contributed by atoms with Crippen molar-refractivity contribution >= 4 is 29.7 Å². The molecular weight excluding hydrogens is 500 g/mol. The Hall–Kier alpha value is -2.79. The number of unbranched alkanes of at least 4 members (excludes halogenated alkanes) is 1. The highest BCUT2D eigenvalue weighted by molar-refractivity contribution is 5.82. The van der Waals surface area contributed by atoms with Gasteiger partial charge in [0.15, 0.2) is 0 Å².